The molecular formula is C14H19N5O. The minimum Gasteiger partial charge on any atom is -0.461 e. The van der Waals surface area contributed by atoms with E-state index >= 15 is 0 Å². The van der Waals surface area contributed by atoms with E-state index in [1.165, 1.54) is 0 Å². The maximum absolute atomic E-state index is 5.70. The second-order valence-corrected chi connectivity index (χ2v) is 4.91. The summed E-state index contributed by atoms with van der Waals surface area (Å²) in [6.07, 6.45) is -0.0132. The van der Waals surface area contributed by atoms with Crippen molar-refractivity contribution in [2.45, 2.75) is 20.0 Å². The van der Waals surface area contributed by atoms with Crippen LogP contribution in [0.15, 0.2) is 24.3 Å². The molecule has 0 aliphatic carbocycles. The quantitative estimate of drug-likeness (QED) is 0.917. The molecule has 1 heterocycles. The highest BCUT2D eigenvalue weighted by Crippen LogP contribution is 2.21. The first-order valence-electron chi connectivity index (χ1n) is 6.41. The zero-order valence-electron chi connectivity index (χ0n) is 12.2. The summed E-state index contributed by atoms with van der Waals surface area (Å²) >= 11 is 0. The van der Waals surface area contributed by atoms with Crippen LogP contribution >= 0.6 is 0 Å². The van der Waals surface area contributed by atoms with Gasteiger partial charge in [-0.05, 0) is 38.1 Å². The number of nitrogens with two attached hydrogens (primary N) is 1. The van der Waals surface area contributed by atoms with Crippen molar-refractivity contribution in [3.05, 3.63) is 24.3 Å². The Balaban J connectivity index is 2.34. The van der Waals surface area contributed by atoms with Crippen molar-refractivity contribution < 1.29 is 4.74 Å². The Morgan fingerprint density at radius 3 is 2.25 bits per heavy atom. The Hall–Kier alpha value is -2.37. The molecule has 0 saturated carbocycles. The summed E-state index contributed by atoms with van der Waals surface area (Å²) in [5.41, 5.74) is 7.68. The van der Waals surface area contributed by atoms with Crippen LogP contribution in [0.5, 0.6) is 6.01 Å². The van der Waals surface area contributed by atoms with E-state index in [1.807, 2.05) is 57.1 Å². The van der Waals surface area contributed by atoms with Crippen molar-refractivity contribution in [3.63, 3.8) is 0 Å². The molecule has 1 aromatic heterocycles. The standard InChI is InChI=1S/C14H19N5O/c1-9(2)20-14-17-12(16-13(15)18-14)10-5-7-11(8-6-10)19(3)4/h5-9H,1-4H3,(H2,15,16,17,18). The SMILES string of the molecule is CC(C)Oc1nc(N)nc(-c2ccc(N(C)C)cc2)n1. The van der Waals surface area contributed by atoms with Gasteiger partial charge < -0.3 is 15.4 Å². The van der Waals surface area contributed by atoms with Gasteiger partial charge in [0.2, 0.25) is 5.95 Å². The van der Waals surface area contributed by atoms with Crippen molar-refractivity contribution in [1.29, 1.82) is 0 Å². The zero-order chi connectivity index (χ0) is 14.7. The maximum Gasteiger partial charge on any atom is 0.322 e. The number of rotatable bonds is 4. The van der Waals surface area contributed by atoms with E-state index in [1.54, 1.807) is 0 Å². The molecule has 106 valence electrons. The largest absolute Gasteiger partial charge is 0.461 e. The third-order valence-electron chi connectivity index (χ3n) is 2.62. The van der Waals surface area contributed by atoms with E-state index in [-0.39, 0.29) is 18.1 Å². The number of hydrogen-bond donors (Lipinski definition) is 1. The lowest BCUT2D eigenvalue weighted by Crippen LogP contribution is -2.11. The zero-order valence-corrected chi connectivity index (χ0v) is 12.2. The van der Waals surface area contributed by atoms with E-state index in [0.29, 0.717) is 5.82 Å². The summed E-state index contributed by atoms with van der Waals surface area (Å²) in [7, 11) is 3.98. The lowest BCUT2D eigenvalue weighted by atomic mass is 10.2. The summed E-state index contributed by atoms with van der Waals surface area (Å²) in [5.74, 6) is 0.667. The molecule has 0 aliphatic rings. The van der Waals surface area contributed by atoms with Gasteiger partial charge in [-0.1, -0.05) is 0 Å². The van der Waals surface area contributed by atoms with Gasteiger partial charge >= 0.3 is 6.01 Å². The van der Waals surface area contributed by atoms with E-state index in [0.717, 1.165) is 11.3 Å². The Morgan fingerprint density at radius 2 is 1.70 bits per heavy atom. The van der Waals surface area contributed by atoms with Crippen molar-refractivity contribution in [1.82, 2.24) is 15.0 Å². The van der Waals surface area contributed by atoms with E-state index in [2.05, 4.69) is 15.0 Å². The van der Waals surface area contributed by atoms with Crippen molar-refractivity contribution in [2.75, 3.05) is 24.7 Å². The summed E-state index contributed by atoms with van der Waals surface area (Å²) in [6.45, 7) is 3.82. The van der Waals surface area contributed by atoms with Gasteiger partial charge in [0.15, 0.2) is 5.82 Å². The van der Waals surface area contributed by atoms with Gasteiger partial charge in [-0.2, -0.15) is 15.0 Å². The summed E-state index contributed by atoms with van der Waals surface area (Å²) in [4.78, 5) is 14.4. The fourth-order valence-electron chi connectivity index (χ4n) is 1.67. The van der Waals surface area contributed by atoms with E-state index < -0.39 is 0 Å². The third kappa shape index (κ3) is 3.34. The molecule has 2 N–H and O–H groups in total. The molecule has 6 nitrogen and oxygen atoms in total. The predicted octanol–water partition coefficient (Wildman–Crippen LogP) is 1.97. The summed E-state index contributed by atoms with van der Waals surface area (Å²) in [5, 5.41) is 0. The lowest BCUT2D eigenvalue weighted by Gasteiger charge is -2.13. The molecule has 0 spiro atoms. The number of nitrogens with zero attached hydrogens (tertiary/aromatic N) is 4. The van der Waals surface area contributed by atoms with Crippen LogP contribution in [0, 0.1) is 0 Å². The monoisotopic (exact) mass is 273 g/mol. The van der Waals surface area contributed by atoms with Gasteiger partial charge in [0.1, 0.15) is 0 Å². The normalized spacial score (nSPS) is 10.7. The van der Waals surface area contributed by atoms with Gasteiger partial charge in [-0.3, -0.25) is 0 Å². The maximum atomic E-state index is 5.70. The van der Waals surface area contributed by atoms with Crippen LogP contribution in [0.2, 0.25) is 0 Å². The first kappa shape index (κ1) is 14.0. The Labute approximate surface area is 118 Å². The summed E-state index contributed by atoms with van der Waals surface area (Å²) < 4.78 is 5.47. The second-order valence-electron chi connectivity index (χ2n) is 4.91. The minimum absolute atomic E-state index is 0.0132. The van der Waals surface area contributed by atoms with E-state index in [9.17, 15) is 0 Å². The van der Waals surface area contributed by atoms with Gasteiger partial charge in [0, 0.05) is 25.3 Å². The van der Waals surface area contributed by atoms with Crippen LogP contribution < -0.4 is 15.4 Å². The molecule has 0 aliphatic heterocycles. The Morgan fingerprint density at radius 1 is 1.05 bits per heavy atom. The average molecular weight is 273 g/mol. The Kier molecular flexibility index (Phi) is 4.02. The van der Waals surface area contributed by atoms with Gasteiger partial charge in [-0.15, -0.1) is 0 Å². The number of ether oxygens (including phenoxy) is 1. The summed E-state index contributed by atoms with van der Waals surface area (Å²) in [6, 6.07) is 8.14. The molecule has 0 bridgehead atoms. The highest BCUT2D eigenvalue weighted by atomic mass is 16.5. The van der Waals surface area contributed by atoms with Crippen LogP contribution in [0.4, 0.5) is 11.6 Å². The van der Waals surface area contributed by atoms with Crippen LogP contribution in [0.1, 0.15) is 13.8 Å². The molecule has 0 amide bonds. The van der Waals surface area contributed by atoms with Crippen LogP contribution in [0.3, 0.4) is 0 Å². The van der Waals surface area contributed by atoms with Crippen LogP contribution in [-0.2, 0) is 0 Å². The fraction of sp³-hybridized carbons (Fsp3) is 0.357. The number of aromatic nitrogens is 3. The van der Waals surface area contributed by atoms with Gasteiger partial charge in [-0.25, -0.2) is 0 Å². The number of hydrogen-bond acceptors (Lipinski definition) is 6. The molecule has 1 aromatic carbocycles. The first-order valence-corrected chi connectivity index (χ1v) is 6.41. The first-order chi connectivity index (χ1) is 9.45. The molecule has 0 radical (unpaired) electrons. The minimum atomic E-state index is -0.0132. The van der Waals surface area contributed by atoms with Gasteiger partial charge in [0.05, 0.1) is 6.10 Å². The lowest BCUT2D eigenvalue weighted by molar-refractivity contribution is 0.222. The molecule has 0 atom stereocenters. The van der Waals surface area contributed by atoms with Crippen molar-refractivity contribution in [2.24, 2.45) is 0 Å². The molecule has 2 rings (SSSR count). The van der Waals surface area contributed by atoms with Gasteiger partial charge in [0.25, 0.3) is 0 Å². The molecule has 0 saturated heterocycles. The molecule has 2 aromatic rings. The third-order valence-corrected chi connectivity index (χ3v) is 2.62. The Bertz CT molecular complexity index is 581. The van der Waals surface area contributed by atoms with Crippen LogP contribution in [-0.4, -0.2) is 35.2 Å². The second kappa shape index (κ2) is 5.73. The fourth-order valence-corrected chi connectivity index (χ4v) is 1.67. The predicted molar refractivity (Wildman–Crippen MR) is 79.8 cm³/mol. The molecular weight excluding hydrogens is 254 g/mol. The van der Waals surface area contributed by atoms with E-state index in [4.69, 9.17) is 10.5 Å². The topological polar surface area (TPSA) is 77.2 Å². The highest BCUT2D eigenvalue weighted by molar-refractivity contribution is 5.60. The molecule has 6 heteroatoms. The number of nitrogen functional groups attached to an aromatic ring is 1. The average Bonchev–Trinajstić information content (AvgIpc) is 2.37. The highest BCUT2D eigenvalue weighted by Gasteiger charge is 2.09. The smallest absolute Gasteiger partial charge is 0.322 e. The molecule has 0 unspecified atom stereocenters. The van der Waals surface area contributed by atoms with Crippen LogP contribution in [0.25, 0.3) is 11.4 Å². The van der Waals surface area contributed by atoms with Crippen molar-refractivity contribution in [3.8, 4) is 17.4 Å². The molecule has 0 fully saturated rings. The number of anilines is 2. The molecule has 20 heavy (non-hydrogen) atoms. The number of benzene rings is 1. The van der Waals surface area contributed by atoms with Crippen molar-refractivity contribution >= 4 is 11.6 Å².